The van der Waals surface area contributed by atoms with E-state index in [1.54, 1.807) is 13.2 Å². The monoisotopic (exact) mass is 415 g/mol. The maximum absolute atomic E-state index is 5.80. The molecule has 2 aromatic carbocycles. The van der Waals surface area contributed by atoms with Crippen molar-refractivity contribution in [1.82, 2.24) is 0 Å². The lowest BCUT2D eigenvalue weighted by Crippen LogP contribution is -2.10. The molecule has 0 fully saturated rings. The third kappa shape index (κ3) is 4.28. The van der Waals surface area contributed by atoms with Crippen molar-refractivity contribution < 1.29 is 14.2 Å². The van der Waals surface area contributed by atoms with Crippen LogP contribution in [-0.2, 0) is 0 Å². The van der Waals surface area contributed by atoms with Gasteiger partial charge in [-0.3, -0.25) is 0 Å². The van der Waals surface area contributed by atoms with Crippen molar-refractivity contribution in [3.05, 3.63) is 45.3 Å². The summed E-state index contributed by atoms with van der Waals surface area (Å²) in [4.78, 5) is 0. The summed E-state index contributed by atoms with van der Waals surface area (Å²) in [6, 6.07) is 11.1. The molecule has 0 unspecified atom stereocenters. The summed E-state index contributed by atoms with van der Waals surface area (Å²) in [6.07, 6.45) is 0. The number of hydrogen-bond acceptors (Lipinski definition) is 4. The van der Waals surface area contributed by atoms with Gasteiger partial charge in [-0.25, -0.2) is 0 Å². The highest BCUT2D eigenvalue weighted by Crippen LogP contribution is 2.35. The number of rotatable bonds is 6. The van der Waals surface area contributed by atoms with E-state index in [1.165, 1.54) is 0 Å². The highest BCUT2D eigenvalue weighted by molar-refractivity contribution is 9.11. The molecule has 0 aromatic heterocycles. The van der Waals surface area contributed by atoms with Gasteiger partial charge in [0.05, 0.1) is 21.7 Å². The average molecular weight is 417 g/mol. The molecule has 0 aliphatic heterocycles. The second-order valence-electron chi connectivity index (χ2n) is 4.15. The fraction of sp³-hybridized carbons (Fsp3) is 0.200. The molecule has 4 nitrogen and oxygen atoms in total. The zero-order valence-corrected chi connectivity index (χ0v) is 14.6. The molecule has 0 saturated carbocycles. The highest BCUT2D eigenvalue weighted by atomic mass is 79.9. The molecule has 112 valence electrons. The van der Waals surface area contributed by atoms with Gasteiger partial charge in [0.15, 0.2) is 0 Å². The standard InChI is InChI=1S/C15H15Br2NO3/c1-19-14-8-11(17)15(9-10(14)16)21-7-6-20-13-5-3-2-4-12(13)18/h2-5,8-9H,6-7,18H2,1H3. The van der Waals surface area contributed by atoms with Gasteiger partial charge in [0.25, 0.3) is 0 Å². The average Bonchev–Trinajstić information content (AvgIpc) is 2.48. The molecule has 0 saturated heterocycles. The topological polar surface area (TPSA) is 53.7 Å². The van der Waals surface area contributed by atoms with Crippen LogP contribution in [0.15, 0.2) is 45.3 Å². The van der Waals surface area contributed by atoms with E-state index in [-0.39, 0.29) is 0 Å². The molecular weight excluding hydrogens is 402 g/mol. The minimum Gasteiger partial charge on any atom is -0.496 e. The molecule has 0 amide bonds. The number of ether oxygens (including phenoxy) is 3. The molecule has 0 atom stereocenters. The number of para-hydroxylation sites is 2. The summed E-state index contributed by atoms with van der Waals surface area (Å²) in [5.74, 6) is 2.12. The summed E-state index contributed by atoms with van der Waals surface area (Å²) in [6.45, 7) is 0.815. The van der Waals surface area contributed by atoms with E-state index in [0.717, 1.165) is 14.7 Å². The first-order chi connectivity index (χ1) is 10.1. The third-order valence-electron chi connectivity index (χ3n) is 2.72. The molecule has 0 aliphatic carbocycles. The molecule has 2 rings (SSSR count). The molecule has 2 aromatic rings. The number of nitrogens with two attached hydrogens (primary N) is 1. The summed E-state index contributed by atoms with van der Waals surface area (Å²) in [7, 11) is 1.62. The molecule has 0 spiro atoms. The molecule has 21 heavy (non-hydrogen) atoms. The van der Waals surface area contributed by atoms with Crippen molar-refractivity contribution in [2.45, 2.75) is 0 Å². The van der Waals surface area contributed by atoms with Crippen LogP contribution in [-0.4, -0.2) is 20.3 Å². The quantitative estimate of drug-likeness (QED) is 0.564. The lowest BCUT2D eigenvalue weighted by molar-refractivity contribution is 0.217. The number of benzene rings is 2. The SMILES string of the molecule is COc1cc(Br)c(OCCOc2ccccc2N)cc1Br. The largest absolute Gasteiger partial charge is 0.496 e. The Morgan fingerprint density at radius 3 is 2.14 bits per heavy atom. The summed E-state index contributed by atoms with van der Waals surface area (Å²) < 4.78 is 18.1. The van der Waals surface area contributed by atoms with E-state index in [9.17, 15) is 0 Å². The Hall–Kier alpha value is -1.40. The zero-order valence-electron chi connectivity index (χ0n) is 11.4. The minimum absolute atomic E-state index is 0.407. The number of anilines is 1. The van der Waals surface area contributed by atoms with E-state index in [2.05, 4.69) is 31.9 Å². The first-order valence-electron chi connectivity index (χ1n) is 6.25. The van der Waals surface area contributed by atoms with Gasteiger partial charge in [-0.05, 0) is 56.1 Å². The Morgan fingerprint density at radius 1 is 0.905 bits per heavy atom. The number of methoxy groups -OCH3 is 1. The number of nitrogen functional groups attached to an aromatic ring is 1. The van der Waals surface area contributed by atoms with Crippen LogP contribution in [0.1, 0.15) is 0 Å². The summed E-state index contributed by atoms with van der Waals surface area (Å²) >= 11 is 6.87. The first kappa shape index (κ1) is 16.0. The Morgan fingerprint density at radius 2 is 1.48 bits per heavy atom. The van der Waals surface area contributed by atoms with Crippen LogP contribution in [0.2, 0.25) is 0 Å². The Bertz CT molecular complexity index is 620. The van der Waals surface area contributed by atoms with Gasteiger partial charge in [-0.1, -0.05) is 12.1 Å². The molecule has 2 N–H and O–H groups in total. The van der Waals surface area contributed by atoms with Crippen molar-refractivity contribution in [3.63, 3.8) is 0 Å². The normalized spacial score (nSPS) is 10.2. The predicted molar refractivity (Wildman–Crippen MR) is 90.2 cm³/mol. The van der Waals surface area contributed by atoms with Crippen LogP contribution in [0.4, 0.5) is 5.69 Å². The summed E-state index contributed by atoms with van der Waals surface area (Å²) in [5, 5.41) is 0. The van der Waals surface area contributed by atoms with Gasteiger partial charge < -0.3 is 19.9 Å². The fourth-order valence-electron chi connectivity index (χ4n) is 1.69. The second kappa shape index (κ2) is 7.56. The van der Waals surface area contributed by atoms with E-state index in [4.69, 9.17) is 19.9 Å². The third-order valence-corrected chi connectivity index (χ3v) is 3.96. The van der Waals surface area contributed by atoms with Crippen molar-refractivity contribution in [2.24, 2.45) is 0 Å². The Balaban J connectivity index is 1.89. The van der Waals surface area contributed by atoms with Crippen molar-refractivity contribution in [3.8, 4) is 17.2 Å². The fourth-order valence-corrected chi connectivity index (χ4v) is 2.61. The molecule has 6 heteroatoms. The van der Waals surface area contributed by atoms with Gasteiger partial charge in [-0.15, -0.1) is 0 Å². The maximum atomic E-state index is 5.80. The van der Waals surface area contributed by atoms with Crippen LogP contribution in [0.5, 0.6) is 17.2 Å². The van der Waals surface area contributed by atoms with Gasteiger partial charge >= 0.3 is 0 Å². The highest BCUT2D eigenvalue weighted by Gasteiger charge is 2.08. The van der Waals surface area contributed by atoms with Gasteiger partial charge in [-0.2, -0.15) is 0 Å². The van der Waals surface area contributed by atoms with Crippen LogP contribution in [0.3, 0.4) is 0 Å². The van der Waals surface area contributed by atoms with Crippen molar-refractivity contribution >= 4 is 37.5 Å². The van der Waals surface area contributed by atoms with Crippen LogP contribution < -0.4 is 19.9 Å². The molecule has 0 heterocycles. The molecule has 0 radical (unpaired) electrons. The van der Waals surface area contributed by atoms with Crippen molar-refractivity contribution in [1.29, 1.82) is 0 Å². The molecule has 0 aliphatic rings. The first-order valence-corrected chi connectivity index (χ1v) is 7.83. The lowest BCUT2D eigenvalue weighted by atomic mass is 10.3. The second-order valence-corrected chi connectivity index (χ2v) is 5.86. The summed E-state index contributed by atoms with van der Waals surface area (Å²) in [5.41, 5.74) is 6.41. The lowest BCUT2D eigenvalue weighted by Gasteiger charge is -2.12. The Labute approximate surface area is 140 Å². The van der Waals surface area contributed by atoms with Gasteiger partial charge in [0.2, 0.25) is 0 Å². The van der Waals surface area contributed by atoms with Crippen LogP contribution >= 0.6 is 31.9 Å². The van der Waals surface area contributed by atoms with Crippen LogP contribution in [0, 0.1) is 0 Å². The molecular formula is C15H15Br2NO3. The van der Waals surface area contributed by atoms with E-state index >= 15 is 0 Å². The number of halogens is 2. The Kier molecular flexibility index (Phi) is 5.76. The van der Waals surface area contributed by atoms with Crippen LogP contribution in [0.25, 0.3) is 0 Å². The predicted octanol–water partition coefficient (Wildman–Crippen LogP) is 4.26. The van der Waals surface area contributed by atoms with Gasteiger partial charge in [0.1, 0.15) is 30.5 Å². The van der Waals surface area contributed by atoms with E-state index in [1.807, 2.05) is 30.3 Å². The van der Waals surface area contributed by atoms with Crippen molar-refractivity contribution in [2.75, 3.05) is 26.1 Å². The van der Waals surface area contributed by atoms with E-state index in [0.29, 0.717) is 30.4 Å². The molecule has 0 bridgehead atoms. The number of hydrogen-bond donors (Lipinski definition) is 1. The van der Waals surface area contributed by atoms with E-state index < -0.39 is 0 Å². The van der Waals surface area contributed by atoms with Gasteiger partial charge in [0, 0.05) is 0 Å². The minimum atomic E-state index is 0.407. The zero-order chi connectivity index (χ0) is 15.2. The maximum Gasteiger partial charge on any atom is 0.142 e. The smallest absolute Gasteiger partial charge is 0.142 e.